The monoisotopic (exact) mass is 394 g/mol. The van der Waals surface area contributed by atoms with E-state index in [-0.39, 0.29) is 16.3 Å². The molecule has 0 bridgehead atoms. The second kappa shape index (κ2) is 7.98. The van der Waals surface area contributed by atoms with E-state index < -0.39 is 11.9 Å². The molecule has 142 valence electrons. The summed E-state index contributed by atoms with van der Waals surface area (Å²) in [6, 6.07) is 8.84. The van der Waals surface area contributed by atoms with Crippen LogP contribution in [0.1, 0.15) is 33.4 Å². The van der Waals surface area contributed by atoms with Crippen molar-refractivity contribution in [1.82, 2.24) is 0 Å². The molecule has 0 saturated carbocycles. The molecule has 0 radical (unpaired) electrons. The van der Waals surface area contributed by atoms with Gasteiger partial charge in [-0.3, -0.25) is 4.79 Å². The first-order valence-corrected chi connectivity index (χ1v) is 9.19. The van der Waals surface area contributed by atoms with E-state index in [0.29, 0.717) is 16.7 Å². The highest BCUT2D eigenvalue weighted by atomic mass is 32.1. The van der Waals surface area contributed by atoms with E-state index in [2.05, 4.69) is 11.9 Å². The molecule has 1 amide bonds. The highest BCUT2D eigenvalue weighted by Crippen LogP contribution is 2.34. The van der Waals surface area contributed by atoms with Crippen molar-refractivity contribution in [2.24, 2.45) is 5.73 Å². The number of rotatable bonds is 6. The van der Waals surface area contributed by atoms with Gasteiger partial charge in [0.2, 0.25) is 0 Å². The first-order valence-electron chi connectivity index (χ1n) is 8.31. The molecule has 0 aliphatic carbocycles. The molecule has 1 aromatic carbocycles. The molecule has 28 heavy (non-hydrogen) atoms. The number of hydrogen-bond acceptors (Lipinski definition) is 5. The third kappa shape index (κ3) is 3.89. The minimum Gasteiger partial charge on any atom is -0.478 e. The first-order chi connectivity index (χ1) is 13.4. The Morgan fingerprint density at radius 3 is 2.68 bits per heavy atom. The lowest BCUT2D eigenvalue weighted by atomic mass is 10.0. The van der Waals surface area contributed by atoms with Gasteiger partial charge in [-0.1, -0.05) is 42.5 Å². The molecule has 0 unspecified atom stereocenters. The van der Waals surface area contributed by atoms with E-state index in [1.54, 1.807) is 35.7 Å². The number of amides is 1. The Balaban J connectivity index is 1.94. The summed E-state index contributed by atoms with van der Waals surface area (Å²) in [6.45, 7) is 5.59. The summed E-state index contributed by atoms with van der Waals surface area (Å²) in [5, 5.41) is 14.9. The number of carbonyl (C=O) groups excluding carboxylic acids is 1. The van der Waals surface area contributed by atoms with Crippen molar-refractivity contribution < 1.29 is 19.1 Å². The van der Waals surface area contributed by atoms with Gasteiger partial charge in [0.1, 0.15) is 16.1 Å². The van der Waals surface area contributed by atoms with Crippen LogP contribution in [0.5, 0.6) is 0 Å². The number of para-hydroxylation sites is 1. The largest absolute Gasteiger partial charge is 0.478 e. The zero-order chi connectivity index (χ0) is 20.3. The summed E-state index contributed by atoms with van der Waals surface area (Å²) in [5.41, 5.74) is 7.95. The number of hydrogen-bond donors (Lipinski definition) is 3. The Kier molecular flexibility index (Phi) is 5.47. The maximum absolute atomic E-state index is 12.6. The normalized spacial score (nSPS) is 11.8. The lowest BCUT2D eigenvalue weighted by Gasteiger charge is -2.05. The minimum absolute atomic E-state index is 0.0301. The molecule has 4 N–H and O–H groups in total. The van der Waals surface area contributed by atoms with Gasteiger partial charge in [-0.25, -0.2) is 4.79 Å². The third-order valence-corrected chi connectivity index (χ3v) is 4.81. The smallest absolute Gasteiger partial charge is 0.339 e. The molecule has 0 saturated heterocycles. The van der Waals surface area contributed by atoms with Crippen LogP contribution in [-0.4, -0.2) is 17.0 Å². The van der Waals surface area contributed by atoms with Crippen LogP contribution in [0.2, 0.25) is 0 Å². The maximum atomic E-state index is 12.6. The predicted octanol–water partition coefficient (Wildman–Crippen LogP) is 4.88. The van der Waals surface area contributed by atoms with Gasteiger partial charge >= 0.3 is 5.97 Å². The molecule has 3 rings (SSSR count). The second-order valence-electron chi connectivity index (χ2n) is 6.06. The molecule has 3 aromatic rings. The van der Waals surface area contributed by atoms with Crippen LogP contribution in [0, 0.1) is 0 Å². The molecular formula is C21H18N2O4S. The van der Waals surface area contributed by atoms with Crippen molar-refractivity contribution in [2.75, 3.05) is 5.32 Å². The number of nitrogens with two attached hydrogens (primary N) is 1. The summed E-state index contributed by atoms with van der Waals surface area (Å²) >= 11 is 1.11. The number of fused-ring (bicyclic) bond motifs is 1. The molecule has 0 aliphatic heterocycles. The average Bonchev–Trinajstić information content (AvgIpc) is 3.26. The van der Waals surface area contributed by atoms with E-state index >= 15 is 0 Å². The third-order valence-electron chi connectivity index (χ3n) is 3.92. The minimum atomic E-state index is -1.17. The Morgan fingerprint density at radius 1 is 1.29 bits per heavy atom. The van der Waals surface area contributed by atoms with Crippen molar-refractivity contribution in [3.8, 4) is 0 Å². The number of anilines is 1. The number of carboxylic acids is 1. The number of furan rings is 1. The standard InChI is InChI=1S/C21H18N2O4S/c1-12(2)7-8-14(10-22)15-11-28-20(18(15)21(25)26)23-19(24)17-9-13-5-3-4-6-16(13)27-17/h3-11H,1,22H2,2H3,(H,23,24)(H,25,26)/b8-7-,14-10+. The number of thiophene rings is 1. The fourth-order valence-corrected chi connectivity index (χ4v) is 3.56. The fourth-order valence-electron chi connectivity index (χ4n) is 2.60. The Labute approximate surface area is 165 Å². The SMILES string of the molecule is C=C(C)/C=C\C(=C/N)c1csc(NC(=O)c2cc3ccccc3o2)c1C(=O)O. The zero-order valence-electron chi connectivity index (χ0n) is 15.1. The Hall–Kier alpha value is -3.58. The molecule has 7 heteroatoms. The van der Waals surface area contributed by atoms with Gasteiger partial charge in [-0.05, 0) is 24.6 Å². The molecule has 2 heterocycles. The van der Waals surface area contributed by atoms with Crippen molar-refractivity contribution in [1.29, 1.82) is 0 Å². The number of carbonyl (C=O) groups is 2. The first kappa shape index (κ1) is 19.2. The van der Waals surface area contributed by atoms with Gasteiger partial charge in [-0.15, -0.1) is 11.3 Å². The van der Waals surface area contributed by atoms with Crippen LogP contribution in [0.15, 0.2) is 70.6 Å². The van der Waals surface area contributed by atoms with Crippen LogP contribution < -0.4 is 11.1 Å². The average molecular weight is 394 g/mol. The van der Waals surface area contributed by atoms with Crippen LogP contribution in [0.3, 0.4) is 0 Å². The lowest BCUT2D eigenvalue weighted by molar-refractivity contribution is 0.0698. The van der Waals surface area contributed by atoms with Crippen LogP contribution in [0.25, 0.3) is 16.5 Å². The predicted molar refractivity (Wildman–Crippen MR) is 112 cm³/mol. The number of allylic oxidation sites excluding steroid dienone is 4. The van der Waals surface area contributed by atoms with E-state index in [4.69, 9.17) is 10.2 Å². The van der Waals surface area contributed by atoms with Crippen LogP contribution in [-0.2, 0) is 0 Å². The molecule has 0 aliphatic rings. The van der Waals surface area contributed by atoms with Gasteiger partial charge in [0.25, 0.3) is 5.91 Å². The molecular weight excluding hydrogens is 376 g/mol. The van der Waals surface area contributed by atoms with Crippen molar-refractivity contribution in [2.45, 2.75) is 6.92 Å². The zero-order valence-corrected chi connectivity index (χ0v) is 15.9. The highest BCUT2D eigenvalue weighted by Gasteiger charge is 2.23. The Morgan fingerprint density at radius 2 is 2.04 bits per heavy atom. The summed E-state index contributed by atoms with van der Waals surface area (Å²) < 4.78 is 5.54. The van der Waals surface area contributed by atoms with E-state index in [1.165, 1.54) is 6.20 Å². The van der Waals surface area contributed by atoms with E-state index in [1.807, 2.05) is 19.1 Å². The van der Waals surface area contributed by atoms with E-state index in [9.17, 15) is 14.7 Å². The van der Waals surface area contributed by atoms with E-state index in [0.717, 1.165) is 22.3 Å². The van der Waals surface area contributed by atoms with Crippen molar-refractivity contribution in [3.63, 3.8) is 0 Å². The summed E-state index contributed by atoms with van der Waals surface area (Å²) in [4.78, 5) is 24.4. The number of benzene rings is 1. The number of aromatic carboxylic acids is 1. The Bertz CT molecular complexity index is 1100. The van der Waals surface area contributed by atoms with Gasteiger partial charge in [0.15, 0.2) is 5.76 Å². The molecule has 2 aromatic heterocycles. The van der Waals surface area contributed by atoms with Gasteiger partial charge in [-0.2, -0.15) is 0 Å². The number of nitrogens with one attached hydrogen (secondary N) is 1. The van der Waals surface area contributed by atoms with Crippen LogP contribution >= 0.6 is 11.3 Å². The highest BCUT2D eigenvalue weighted by molar-refractivity contribution is 7.15. The molecule has 0 fully saturated rings. The van der Waals surface area contributed by atoms with Gasteiger partial charge in [0, 0.05) is 22.5 Å². The molecule has 0 atom stereocenters. The fraction of sp³-hybridized carbons (Fsp3) is 0.0476. The van der Waals surface area contributed by atoms with Crippen molar-refractivity contribution >= 4 is 44.8 Å². The summed E-state index contributed by atoms with van der Waals surface area (Å²) in [5.74, 6) is -1.59. The van der Waals surface area contributed by atoms with Gasteiger partial charge in [0.05, 0.1) is 0 Å². The summed E-state index contributed by atoms with van der Waals surface area (Å²) in [7, 11) is 0. The van der Waals surface area contributed by atoms with Crippen molar-refractivity contribution in [3.05, 3.63) is 83.1 Å². The maximum Gasteiger partial charge on any atom is 0.339 e. The molecule has 6 nitrogen and oxygen atoms in total. The van der Waals surface area contributed by atoms with Crippen LogP contribution in [0.4, 0.5) is 5.00 Å². The summed E-state index contributed by atoms with van der Waals surface area (Å²) in [6.07, 6.45) is 4.73. The second-order valence-corrected chi connectivity index (χ2v) is 6.94. The lowest BCUT2D eigenvalue weighted by Crippen LogP contribution is -2.13. The quantitative estimate of drug-likeness (QED) is 0.517. The van der Waals surface area contributed by atoms with Gasteiger partial charge < -0.3 is 20.6 Å². The molecule has 0 spiro atoms. The number of carboxylic acid groups (broad SMARTS) is 1. The topological polar surface area (TPSA) is 106 Å².